The Balaban J connectivity index is 1.93. The number of hydrogen-bond acceptors (Lipinski definition) is 2. The van der Waals surface area contributed by atoms with Gasteiger partial charge in [-0.15, -0.1) is 0 Å². The Morgan fingerprint density at radius 1 is 1.13 bits per heavy atom. The lowest BCUT2D eigenvalue weighted by atomic mass is 10.2. The molecule has 1 N–H and O–H groups in total. The lowest BCUT2D eigenvalue weighted by Gasteiger charge is -2.04. The Morgan fingerprint density at radius 3 is 2.67 bits per heavy atom. The van der Waals surface area contributed by atoms with Crippen molar-refractivity contribution in [2.45, 2.75) is 26.3 Å². The summed E-state index contributed by atoms with van der Waals surface area (Å²) in [6, 6.07) is 10.6. The molecule has 0 aliphatic rings. The summed E-state index contributed by atoms with van der Waals surface area (Å²) in [5.41, 5.74) is 1.37. The molecule has 0 unspecified atom stereocenters. The normalized spacial score (nSPS) is 10.5. The molecule has 1 aromatic rings. The van der Waals surface area contributed by atoms with Gasteiger partial charge in [0.1, 0.15) is 0 Å². The standard InChI is InChI=1S/C13H21NS/c1-2-3-10-15-11-9-14-12-13-7-5-4-6-8-13/h4-8,14H,2-3,9-12H2,1H3. The average molecular weight is 223 g/mol. The topological polar surface area (TPSA) is 12.0 Å². The molecule has 0 aromatic heterocycles. The fourth-order valence-corrected chi connectivity index (χ4v) is 2.31. The second-order valence-corrected chi connectivity index (χ2v) is 4.85. The number of hydrogen-bond donors (Lipinski definition) is 1. The second-order valence-electron chi connectivity index (χ2n) is 3.63. The molecule has 1 rings (SSSR count). The lowest BCUT2D eigenvalue weighted by Crippen LogP contribution is -2.16. The molecule has 0 radical (unpaired) electrons. The Morgan fingerprint density at radius 2 is 1.93 bits per heavy atom. The van der Waals surface area contributed by atoms with Gasteiger partial charge in [0.15, 0.2) is 0 Å². The van der Waals surface area contributed by atoms with E-state index in [0.29, 0.717) is 0 Å². The number of nitrogens with one attached hydrogen (secondary N) is 1. The zero-order valence-electron chi connectivity index (χ0n) is 9.54. The van der Waals surface area contributed by atoms with Crippen LogP contribution < -0.4 is 5.32 Å². The zero-order valence-corrected chi connectivity index (χ0v) is 10.4. The van der Waals surface area contributed by atoms with Crippen molar-refractivity contribution in [2.75, 3.05) is 18.1 Å². The third-order valence-corrected chi connectivity index (χ3v) is 3.31. The first-order valence-corrected chi connectivity index (χ1v) is 6.91. The van der Waals surface area contributed by atoms with E-state index < -0.39 is 0 Å². The molecule has 0 atom stereocenters. The van der Waals surface area contributed by atoms with E-state index in [-0.39, 0.29) is 0 Å². The highest BCUT2D eigenvalue weighted by Crippen LogP contribution is 2.03. The van der Waals surface area contributed by atoms with Gasteiger partial charge in [0, 0.05) is 18.8 Å². The van der Waals surface area contributed by atoms with Gasteiger partial charge in [-0.2, -0.15) is 11.8 Å². The first-order chi connectivity index (χ1) is 7.43. The molecular formula is C13H21NS. The largest absolute Gasteiger partial charge is 0.312 e. The first kappa shape index (κ1) is 12.6. The van der Waals surface area contributed by atoms with Gasteiger partial charge in [-0.05, 0) is 17.7 Å². The van der Waals surface area contributed by atoms with Crippen LogP contribution in [0.5, 0.6) is 0 Å². The zero-order chi connectivity index (χ0) is 10.8. The van der Waals surface area contributed by atoms with Crippen molar-refractivity contribution in [1.82, 2.24) is 5.32 Å². The van der Waals surface area contributed by atoms with Gasteiger partial charge in [0.2, 0.25) is 0 Å². The third kappa shape index (κ3) is 6.58. The molecule has 1 nitrogen and oxygen atoms in total. The fourth-order valence-electron chi connectivity index (χ4n) is 1.32. The lowest BCUT2D eigenvalue weighted by molar-refractivity contribution is 0.731. The van der Waals surface area contributed by atoms with E-state index in [4.69, 9.17) is 0 Å². The van der Waals surface area contributed by atoms with Crippen molar-refractivity contribution in [3.8, 4) is 0 Å². The van der Waals surface area contributed by atoms with Gasteiger partial charge in [0.25, 0.3) is 0 Å². The van der Waals surface area contributed by atoms with Crippen LogP contribution in [0, 0.1) is 0 Å². The Kier molecular flexibility index (Phi) is 7.40. The minimum Gasteiger partial charge on any atom is -0.312 e. The van der Waals surface area contributed by atoms with Crippen LogP contribution in [0.1, 0.15) is 25.3 Å². The van der Waals surface area contributed by atoms with Crippen LogP contribution in [0.4, 0.5) is 0 Å². The smallest absolute Gasteiger partial charge is 0.0205 e. The van der Waals surface area contributed by atoms with Crippen molar-refractivity contribution in [3.63, 3.8) is 0 Å². The summed E-state index contributed by atoms with van der Waals surface area (Å²) >= 11 is 2.05. The molecule has 84 valence electrons. The predicted octanol–water partition coefficient (Wildman–Crippen LogP) is 3.31. The summed E-state index contributed by atoms with van der Waals surface area (Å²) in [5, 5.41) is 3.46. The van der Waals surface area contributed by atoms with Crippen LogP contribution in [0.15, 0.2) is 30.3 Å². The third-order valence-electron chi connectivity index (χ3n) is 2.24. The maximum Gasteiger partial charge on any atom is 0.0205 e. The van der Waals surface area contributed by atoms with E-state index in [1.165, 1.54) is 29.9 Å². The average Bonchev–Trinajstić information content (AvgIpc) is 2.29. The summed E-state index contributed by atoms with van der Waals surface area (Å²) in [7, 11) is 0. The van der Waals surface area contributed by atoms with Crippen LogP contribution in [0.25, 0.3) is 0 Å². The predicted molar refractivity (Wildman–Crippen MR) is 70.4 cm³/mol. The molecule has 2 heteroatoms. The summed E-state index contributed by atoms with van der Waals surface area (Å²) in [6.07, 6.45) is 2.66. The number of rotatable bonds is 8. The minimum atomic E-state index is 0.995. The number of thioether (sulfide) groups is 1. The molecule has 0 fully saturated rings. The Bertz CT molecular complexity index is 236. The SMILES string of the molecule is CCCCSCCNCc1ccccc1. The van der Waals surface area contributed by atoms with Crippen molar-refractivity contribution < 1.29 is 0 Å². The van der Waals surface area contributed by atoms with Crippen LogP contribution in [-0.4, -0.2) is 18.1 Å². The Hall–Kier alpha value is -0.470. The minimum absolute atomic E-state index is 0.995. The molecular weight excluding hydrogens is 202 g/mol. The monoisotopic (exact) mass is 223 g/mol. The van der Waals surface area contributed by atoms with Crippen LogP contribution in [-0.2, 0) is 6.54 Å². The highest BCUT2D eigenvalue weighted by Gasteiger charge is 1.91. The van der Waals surface area contributed by atoms with Gasteiger partial charge >= 0.3 is 0 Å². The molecule has 0 saturated heterocycles. The van der Waals surface area contributed by atoms with Crippen molar-refractivity contribution in [3.05, 3.63) is 35.9 Å². The van der Waals surface area contributed by atoms with Crippen LogP contribution >= 0.6 is 11.8 Å². The highest BCUT2D eigenvalue weighted by molar-refractivity contribution is 7.99. The van der Waals surface area contributed by atoms with Gasteiger partial charge in [-0.1, -0.05) is 43.7 Å². The molecule has 0 amide bonds. The van der Waals surface area contributed by atoms with Gasteiger partial charge in [0.05, 0.1) is 0 Å². The molecule has 0 heterocycles. The molecule has 0 bridgehead atoms. The van der Waals surface area contributed by atoms with E-state index in [2.05, 4.69) is 54.3 Å². The van der Waals surface area contributed by atoms with Crippen molar-refractivity contribution in [2.24, 2.45) is 0 Å². The fraction of sp³-hybridized carbons (Fsp3) is 0.538. The van der Waals surface area contributed by atoms with Crippen LogP contribution in [0.2, 0.25) is 0 Å². The molecule has 0 aliphatic heterocycles. The molecule has 0 spiro atoms. The van der Waals surface area contributed by atoms with E-state index in [1.54, 1.807) is 0 Å². The first-order valence-electron chi connectivity index (χ1n) is 5.76. The molecule has 1 aromatic carbocycles. The van der Waals surface area contributed by atoms with Gasteiger partial charge in [-0.3, -0.25) is 0 Å². The Labute approximate surface area is 97.7 Å². The number of benzene rings is 1. The maximum atomic E-state index is 3.46. The van der Waals surface area contributed by atoms with E-state index in [0.717, 1.165) is 13.1 Å². The second kappa shape index (κ2) is 8.81. The van der Waals surface area contributed by atoms with Crippen molar-refractivity contribution in [1.29, 1.82) is 0 Å². The summed E-state index contributed by atoms with van der Waals surface area (Å²) in [6.45, 7) is 4.35. The molecule has 0 saturated carbocycles. The highest BCUT2D eigenvalue weighted by atomic mass is 32.2. The maximum absolute atomic E-state index is 3.46. The summed E-state index contributed by atoms with van der Waals surface area (Å²) in [5.74, 6) is 2.54. The number of unbranched alkanes of at least 4 members (excludes halogenated alkanes) is 1. The summed E-state index contributed by atoms with van der Waals surface area (Å²) in [4.78, 5) is 0. The molecule has 15 heavy (non-hydrogen) atoms. The van der Waals surface area contributed by atoms with Crippen molar-refractivity contribution >= 4 is 11.8 Å². The quantitative estimate of drug-likeness (QED) is 0.679. The van der Waals surface area contributed by atoms with E-state index in [1.807, 2.05) is 0 Å². The van der Waals surface area contributed by atoms with Gasteiger partial charge < -0.3 is 5.32 Å². The summed E-state index contributed by atoms with van der Waals surface area (Å²) < 4.78 is 0. The van der Waals surface area contributed by atoms with Crippen LogP contribution in [0.3, 0.4) is 0 Å². The van der Waals surface area contributed by atoms with E-state index >= 15 is 0 Å². The molecule has 0 aliphatic carbocycles. The van der Waals surface area contributed by atoms with Gasteiger partial charge in [-0.25, -0.2) is 0 Å². The van der Waals surface area contributed by atoms with E-state index in [9.17, 15) is 0 Å².